The Morgan fingerprint density at radius 3 is 1.56 bits per heavy atom. The predicted molar refractivity (Wildman–Crippen MR) is 238 cm³/mol. The lowest BCUT2D eigenvalue weighted by atomic mass is 9.98. The number of carbonyl (C=O) groups excluding carboxylic acids is 2. The second kappa shape index (κ2) is 35.5. The molecule has 15 nitrogen and oxygen atoms in total. The van der Waals surface area contributed by atoms with Gasteiger partial charge in [0.15, 0.2) is 18.7 Å². The molecule has 2 aliphatic rings. The highest BCUT2D eigenvalue weighted by Gasteiger charge is 2.47. The normalized spacial score (nSPS) is 27.4. The summed E-state index contributed by atoms with van der Waals surface area (Å²) in [4.78, 5) is 25.6. The number of ether oxygens (including phenoxy) is 6. The predicted octanol–water partition coefficient (Wildman–Crippen LogP) is 5.31. The summed E-state index contributed by atoms with van der Waals surface area (Å²) < 4.78 is 33.4. The number of rotatable bonds is 34. The van der Waals surface area contributed by atoms with Crippen LogP contribution in [0.5, 0.6) is 0 Å². The Hall–Kier alpha value is -2.80. The van der Waals surface area contributed by atoms with Crippen molar-refractivity contribution in [2.75, 3.05) is 26.4 Å². The fourth-order valence-corrected chi connectivity index (χ4v) is 6.90. The summed E-state index contributed by atoms with van der Waals surface area (Å²) in [6.07, 6.45) is 21.3. The molecule has 362 valence electrons. The summed E-state index contributed by atoms with van der Waals surface area (Å²) in [7, 11) is 0. The molecule has 0 spiro atoms. The Bertz CT molecular complexity index is 1330. The Morgan fingerprint density at radius 1 is 0.524 bits per heavy atom. The zero-order valence-electron chi connectivity index (χ0n) is 37.8. The number of esters is 2. The molecule has 0 saturated carbocycles. The fourth-order valence-electron chi connectivity index (χ4n) is 6.90. The molecule has 2 fully saturated rings. The van der Waals surface area contributed by atoms with Crippen molar-refractivity contribution in [1.29, 1.82) is 0 Å². The molecule has 11 atom stereocenters. The highest BCUT2D eigenvalue weighted by atomic mass is 16.7. The van der Waals surface area contributed by atoms with E-state index in [1.54, 1.807) is 0 Å². The number of unbranched alkanes of at least 4 members (excludes halogenated alkanes) is 10. The summed E-state index contributed by atoms with van der Waals surface area (Å²) in [5, 5.41) is 71.9. The van der Waals surface area contributed by atoms with Crippen molar-refractivity contribution in [3.05, 3.63) is 60.8 Å². The van der Waals surface area contributed by atoms with Crippen molar-refractivity contribution < 1.29 is 73.8 Å². The number of aliphatic hydroxyl groups is 7. The van der Waals surface area contributed by atoms with Crippen molar-refractivity contribution >= 4 is 11.9 Å². The van der Waals surface area contributed by atoms with Gasteiger partial charge in [-0.1, -0.05) is 132 Å². The van der Waals surface area contributed by atoms with E-state index in [9.17, 15) is 45.3 Å². The molecular formula is C48H80O15. The monoisotopic (exact) mass is 897 g/mol. The minimum Gasteiger partial charge on any atom is -0.462 e. The molecule has 7 N–H and O–H groups in total. The standard InChI is InChI=1S/C48H80O15/c1-3-5-7-9-11-13-15-16-17-18-19-20-21-23-25-27-29-31-40(51)61-36(33-58-39(50)30-28-26-24-22-14-12-10-8-6-4-2)34-59-47-46(57)44(55)42(53)38(63-47)35-60-48-45(56)43(54)41(52)37(32-49)62-48/h5,7,11,13,16-17,19-20,23,25,36-38,41-49,52-57H,3-4,6,8-10,12,14-15,18,21-22,24,26-35H2,1-2H3/b7-5-,13-11-,17-16-,20-19-,25-23-. The Balaban J connectivity index is 1.87. The average molecular weight is 897 g/mol. The molecule has 15 heteroatoms. The maximum atomic E-state index is 12.9. The van der Waals surface area contributed by atoms with Gasteiger partial charge in [0.25, 0.3) is 0 Å². The van der Waals surface area contributed by atoms with Gasteiger partial charge in [0.2, 0.25) is 0 Å². The lowest BCUT2D eigenvalue weighted by molar-refractivity contribution is -0.332. The van der Waals surface area contributed by atoms with Crippen LogP contribution >= 0.6 is 0 Å². The molecule has 0 bridgehead atoms. The number of allylic oxidation sites excluding steroid dienone is 10. The summed E-state index contributed by atoms with van der Waals surface area (Å²) in [5.74, 6) is -1.00. The summed E-state index contributed by atoms with van der Waals surface area (Å²) in [6.45, 7) is 2.37. The third-order valence-corrected chi connectivity index (χ3v) is 10.8. The topological polar surface area (TPSA) is 231 Å². The molecule has 2 heterocycles. The maximum absolute atomic E-state index is 12.9. The highest BCUT2D eigenvalue weighted by molar-refractivity contribution is 5.70. The molecule has 0 aromatic rings. The van der Waals surface area contributed by atoms with Gasteiger partial charge in [0, 0.05) is 12.8 Å². The van der Waals surface area contributed by atoms with Crippen LogP contribution < -0.4 is 0 Å². The second-order valence-corrected chi connectivity index (χ2v) is 16.2. The van der Waals surface area contributed by atoms with Crippen molar-refractivity contribution in [1.82, 2.24) is 0 Å². The van der Waals surface area contributed by atoms with Gasteiger partial charge in [-0.05, 0) is 51.4 Å². The third kappa shape index (κ3) is 24.3. The first kappa shape index (κ1) is 56.3. The first-order valence-electron chi connectivity index (χ1n) is 23.4. The van der Waals surface area contributed by atoms with E-state index in [4.69, 9.17) is 28.4 Å². The zero-order valence-corrected chi connectivity index (χ0v) is 37.8. The van der Waals surface area contributed by atoms with E-state index >= 15 is 0 Å². The van der Waals surface area contributed by atoms with E-state index in [0.29, 0.717) is 19.3 Å². The van der Waals surface area contributed by atoms with Crippen molar-refractivity contribution in [3.8, 4) is 0 Å². The van der Waals surface area contributed by atoms with Crippen LogP contribution in [0.3, 0.4) is 0 Å². The first-order valence-corrected chi connectivity index (χ1v) is 23.4. The van der Waals surface area contributed by atoms with Crippen LogP contribution in [0.1, 0.15) is 136 Å². The molecule has 11 unspecified atom stereocenters. The van der Waals surface area contributed by atoms with E-state index in [0.717, 1.165) is 51.4 Å². The van der Waals surface area contributed by atoms with E-state index in [1.807, 2.05) is 12.2 Å². The molecule has 63 heavy (non-hydrogen) atoms. The lowest BCUT2D eigenvalue weighted by Crippen LogP contribution is -2.61. The van der Waals surface area contributed by atoms with Crippen LogP contribution in [0.25, 0.3) is 0 Å². The molecule has 2 rings (SSSR count). The van der Waals surface area contributed by atoms with E-state index in [-0.39, 0.29) is 19.4 Å². The Kier molecular flexibility index (Phi) is 31.7. The second-order valence-electron chi connectivity index (χ2n) is 16.2. The van der Waals surface area contributed by atoms with Crippen LogP contribution in [-0.2, 0) is 38.0 Å². The van der Waals surface area contributed by atoms with Crippen molar-refractivity contribution in [2.24, 2.45) is 0 Å². The van der Waals surface area contributed by atoms with Gasteiger partial charge in [0.1, 0.15) is 55.4 Å². The first-order chi connectivity index (χ1) is 30.5. The molecule has 0 aliphatic carbocycles. The molecule has 0 aromatic carbocycles. The van der Waals surface area contributed by atoms with Crippen LogP contribution in [0.4, 0.5) is 0 Å². The summed E-state index contributed by atoms with van der Waals surface area (Å²) in [6, 6.07) is 0. The van der Waals surface area contributed by atoms with Crippen LogP contribution in [0.15, 0.2) is 60.8 Å². The summed E-state index contributed by atoms with van der Waals surface area (Å²) in [5.41, 5.74) is 0. The van der Waals surface area contributed by atoms with Gasteiger partial charge >= 0.3 is 11.9 Å². The minimum absolute atomic E-state index is 0.0855. The highest BCUT2D eigenvalue weighted by Crippen LogP contribution is 2.26. The van der Waals surface area contributed by atoms with E-state index < -0.39 is 99.3 Å². The molecular weight excluding hydrogens is 817 g/mol. The van der Waals surface area contributed by atoms with Crippen LogP contribution in [0, 0.1) is 0 Å². The van der Waals surface area contributed by atoms with Gasteiger partial charge in [0.05, 0.1) is 19.8 Å². The van der Waals surface area contributed by atoms with Gasteiger partial charge < -0.3 is 64.2 Å². The average Bonchev–Trinajstić information content (AvgIpc) is 3.28. The quantitative estimate of drug-likeness (QED) is 0.0246. The largest absolute Gasteiger partial charge is 0.462 e. The van der Waals surface area contributed by atoms with Gasteiger partial charge in [-0.25, -0.2) is 0 Å². The molecule has 0 amide bonds. The molecule has 0 aromatic heterocycles. The summed E-state index contributed by atoms with van der Waals surface area (Å²) >= 11 is 0. The molecule has 2 aliphatic heterocycles. The molecule has 2 saturated heterocycles. The van der Waals surface area contributed by atoms with Gasteiger partial charge in [-0.2, -0.15) is 0 Å². The Morgan fingerprint density at radius 2 is 1.00 bits per heavy atom. The van der Waals surface area contributed by atoms with Crippen molar-refractivity contribution in [3.63, 3.8) is 0 Å². The fraction of sp³-hybridized carbons (Fsp3) is 0.750. The number of hydrogen-bond donors (Lipinski definition) is 7. The smallest absolute Gasteiger partial charge is 0.306 e. The van der Waals surface area contributed by atoms with E-state index in [1.165, 1.54) is 38.5 Å². The zero-order chi connectivity index (χ0) is 46.1. The van der Waals surface area contributed by atoms with Crippen LogP contribution in [-0.4, -0.2) is 142 Å². The van der Waals surface area contributed by atoms with Gasteiger partial charge in [-0.15, -0.1) is 0 Å². The maximum Gasteiger partial charge on any atom is 0.306 e. The number of carbonyl (C=O) groups is 2. The minimum atomic E-state index is -1.78. The number of aliphatic hydroxyl groups excluding tert-OH is 7. The Labute approximate surface area is 375 Å². The van der Waals surface area contributed by atoms with Gasteiger partial charge in [-0.3, -0.25) is 9.59 Å². The van der Waals surface area contributed by atoms with E-state index in [2.05, 4.69) is 62.5 Å². The lowest BCUT2D eigenvalue weighted by Gasteiger charge is -2.42. The SMILES string of the molecule is CC/C=C\C/C=C\C/C=C\C/C=C\C/C=C\CCCC(=O)OC(COC(=O)CCCCCCCCCCCC)COC1OC(COC2OC(CO)C(O)C(O)C2O)C(O)C(O)C1O. The van der Waals surface area contributed by atoms with Crippen molar-refractivity contribution in [2.45, 2.75) is 203 Å². The molecule has 0 radical (unpaired) electrons. The number of hydrogen-bond acceptors (Lipinski definition) is 15. The third-order valence-electron chi connectivity index (χ3n) is 10.8. The van der Waals surface area contributed by atoms with Crippen LogP contribution in [0.2, 0.25) is 0 Å².